The highest BCUT2D eigenvalue weighted by molar-refractivity contribution is 5.26. The van der Waals surface area contributed by atoms with Crippen molar-refractivity contribution in [2.75, 3.05) is 13.2 Å². The quantitative estimate of drug-likeness (QED) is 0.724. The maximum absolute atomic E-state index is 5.99. The van der Waals surface area contributed by atoms with Gasteiger partial charge in [-0.05, 0) is 36.9 Å². The standard InChI is InChI=1S/C18H31NO/c1-6-9-15-10-12-16(13-11-15)17(19-7-2)18(14(4)5)20-8-3/h10-14,17-19H,6-9H2,1-5H3. The van der Waals surface area contributed by atoms with Crippen molar-refractivity contribution in [2.45, 2.75) is 59.6 Å². The van der Waals surface area contributed by atoms with Gasteiger partial charge in [-0.25, -0.2) is 0 Å². The van der Waals surface area contributed by atoms with Crippen LogP contribution in [0, 0.1) is 5.92 Å². The molecule has 2 atom stereocenters. The number of ether oxygens (including phenoxy) is 1. The van der Waals surface area contributed by atoms with E-state index >= 15 is 0 Å². The number of likely N-dealkylation sites (N-methyl/N-ethyl adjacent to an activating group) is 1. The van der Waals surface area contributed by atoms with E-state index in [1.807, 2.05) is 0 Å². The van der Waals surface area contributed by atoms with E-state index in [0.29, 0.717) is 5.92 Å². The fourth-order valence-electron chi connectivity index (χ4n) is 2.69. The highest BCUT2D eigenvalue weighted by Gasteiger charge is 2.25. The molecule has 0 fully saturated rings. The Labute approximate surface area is 124 Å². The first-order chi connectivity index (χ1) is 9.63. The third kappa shape index (κ3) is 4.92. The first-order valence-electron chi connectivity index (χ1n) is 8.07. The van der Waals surface area contributed by atoms with Crippen molar-refractivity contribution >= 4 is 0 Å². The van der Waals surface area contributed by atoms with E-state index in [1.54, 1.807) is 0 Å². The lowest BCUT2D eigenvalue weighted by atomic mass is 9.92. The monoisotopic (exact) mass is 277 g/mol. The summed E-state index contributed by atoms with van der Waals surface area (Å²) >= 11 is 0. The minimum atomic E-state index is 0.219. The van der Waals surface area contributed by atoms with Gasteiger partial charge < -0.3 is 10.1 Å². The van der Waals surface area contributed by atoms with Gasteiger partial charge in [0.05, 0.1) is 12.1 Å². The zero-order chi connectivity index (χ0) is 15.0. The Morgan fingerprint density at radius 3 is 2.15 bits per heavy atom. The molecule has 2 heteroatoms. The average molecular weight is 277 g/mol. The van der Waals surface area contributed by atoms with E-state index in [4.69, 9.17) is 4.74 Å². The van der Waals surface area contributed by atoms with Crippen molar-refractivity contribution in [1.29, 1.82) is 0 Å². The summed E-state index contributed by atoms with van der Waals surface area (Å²) < 4.78 is 5.99. The van der Waals surface area contributed by atoms with Crippen LogP contribution in [-0.2, 0) is 11.2 Å². The Kier molecular flexibility index (Phi) is 7.86. The number of nitrogens with one attached hydrogen (secondary N) is 1. The molecule has 0 saturated heterocycles. The summed E-state index contributed by atoms with van der Waals surface area (Å²) in [6.45, 7) is 12.6. The van der Waals surface area contributed by atoms with Crippen LogP contribution >= 0.6 is 0 Å². The summed E-state index contributed by atoms with van der Waals surface area (Å²) in [5.41, 5.74) is 2.75. The lowest BCUT2D eigenvalue weighted by Gasteiger charge is -2.31. The molecule has 1 N–H and O–H groups in total. The minimum absolute atomic E-state index is 0.219. The molecular weight excluding hydrogens is 246 g/mol. The van der Waals surface area contributed by atoms with E-state index in [2.05, 4.69) is 64.2 Å². The molecule has 1 rings (SSSR count). The van der Waals surface area contributed by atoms with Gasteiger partial charge in [0.2, 0.25) is 0 Å². The summed E-state index contributed by atoms with van der Waals surface area (Å²) in [5, 5.41) is 3.59. The zero-order valence-electron chi connectivity index (χ0n) is 13.8. The van der Waals surface area contributed by atoms with Gasteiger partial charge in [-0.1, -0.05) is 58.4 Å². The van der Waals surface area contributed by atoms with Gasteiger partial charge in [0.1, 0.15) is 0 Å². The van der Waals surface area contributed by atoms with Gasteiger partial charge in [-0.3, -0.25) is 0 Å². The smallest absolute Gasteiger partial charge is 0.0792 e. The zero-order valence-corrected chi connectivity index (χ0v) is 13.8. The topological polar surface area (TPSA) is 21.3 Å². The van der Waals surface area contributed by atoms with Crippen molar-refractivity contribution in [1.82, 2.24) is 5.32 Å². The lowest BCUT2D eigenvalue weighted by molar-refractivity contribution is 0.00317. The molecule has 2 unspecified atom stereocenters. The predicted molar refractivity (Wildman–Crippen MR) is 87.1 cm³/mol. The number of hydrogen-bond donors (Lipinski definition) is 1. The first-order valence-corrected chi connectivity index (χ1v) is 8.07. The highest BCUT2D eigenvalue weighted by Crippen LogP contribution is 2.25. The lowest BCUT2D eigenvalue weighted by Crippen LogP contribution is -2.37. The van der Waals surface area contributed by atoms with E-state index < -0.39 is 0 Å². The number of benzene rings is 1. The Morgan fingerprint density at radius 2 is 1.70 bits per heavy atom. The molecule has 0 aliphatic rings. The summed E-state index contributed by atoms with van der Waals surface area (Å²) in [4.78, 5) is 0. The van der Waals surface area contributed by atoms with Crippen LogP contribution in [0.25, 0.3) is 0 Å². The van der Waals surface area contributed by atoms with E-state index in [0.717, 1.165) is 19.6 Å². The Balaban J connectivity index is 2.92. The van der Waals surface area contributed by atoms with Crippen molar-refractivity contribution in [2.24, 2.45) is 5.92 Å². The molecule has 0 aromatic heterocycles. The predicted octanol–water partition coefficient (Wildman–Crippen LogP) is 4.35. The van der Waals surface area contributed by atoms with Crippen LogP contribution < -0.4 is 5.32 Å². The molecule has 2 nitrogen and oxygen atoms in total. The Morgan fingerprint density at radius 1 is 1.05 bits per heavy atom. The van der Waals surface area contributed by atoms with Crippen LogP contribution in [0.3, 0.4) is 0 Å². The molecule has 0 bridgehead atoms. The van der Waals surface area contributed by atoms with E-state index in [-0.39, 0.29) is 12.1 Å². The van der Waals surface area contributed by atoms with Crippen LogP contribution in [0.5, 0.6) is 0 Å². The molecular formula is C18H31NO. The van der Waals surface area contributed by atoms with Gasteiger partial charge in [0.15, 0.2) is 0 Å². The van der Waals surface area contributed by atoms with Crippen LogP contribution in [0.2, 0.25) is 0 Å². The maximum atomic E-state index is 5.99. The average Bonchev–Trinajstić information content (AvgIpc) is 2.44. The second-order valence-electron chi connectivity index (χ2n) is 5.69. The minimum Gasteiger partial charge on any atom is -0.376 e. The molecule has 0 heterocycles. The van der Waals surface area contributed by atoms with Crippen molar-refractivity contribution in [3.05, 3.63) is 35.4 Å². The fraction of sp³-hybridized carbons (Fsp3) is 0.667. The van der Waals surface area contributed by atoms with Gasteiger partial charge in [0, 0.05) is 6.61 Å². The maximum Gasteiger partial charge on any atom is 0.0792 e. The Hall–Kier alpha value is -0.860. The molecule has 114 valence electrons. The van der Waals surface area contributed by atoms with Crippen LogP contribution in [0.4, 0.5) is 0 Å². The SMILES string of the molecule is CCCc1ccc(C(NCC)C(OCC)C(C)C)cc1. The highest BCUT2D eigenvalue weighted by atomic mass is 16.5. The van der Waals surface area contributed by atoms with Crippen molar-refractivity contribution in [3.8, 4) is 0 Å². The summed E-state index contributed by atoms with van der Waals surface area (Å²) in [7, 11) is 0. The summed E-state index contributed by atoms with van der Waals surface area (Å²) in [6, 6.07) is 9.30. The number of rotatable bonds is 9. The van der Waals surface area contributed by atoms with E-state index in [9.17, 15) is 0 Å². The first kappa shape index (κ1) is 17.2. The molecule has 1 aromatic rings. The van der Waals surface area contributed by atoms with Gasteiger partial charge in [-0.15, -0.1) is 0 Å². The van der Waals surface area contributed by atoms with Gasteiger partial charge >= 0.3 is 0 Å². The van der Waals surface area contributed by atoms with Crippen molar-refractivity contribution < 1.29 is 4.74 Å². The van der Waals surface area contributed by atoms with Gasteiger partial charge in [-0.2, -0.15) is 0 Å². The second-order valence-corrected chi connectivity index (χ2v) is 5.69. The van der Waals surface area contributed by atoms with Crippen molar-refractivity contribution in [3.63, 3.8) is 0 Å². The Bertz CT molecular complexity index is 358. The molecule has 0 amide bonds. The van der Waals surface area contributed by atoms with Crippen LogP contribution in [0.15, 0.2) is 24.3 Å². The molecule has 0 aliphatic heterocycles. The van der Waals surface area contributed by atoms with Gasteiger partial charge in [0.25, 0.3) is 0 Å². The largest absolute Gasteiger partial charge is 0.376 e. The summed E-state index contributed by atoms with van der Waals surface area (Å²) in [5.74, 6) is 0.495. The summed E-state index contributed by atoms with van der Waals surface area (Å²) in [6.07, 6.45) is 2.58. The second kappa shape index (κ2) is 9.15. The fourth-order valence-corrected chi connectivity index (χ4v) is 2.69. The van der Waals surface area contributed by atoms with Crippen LogP contribution in [0.1, 0.15) is 58.2 Å². The number of hydrogen-bond acceptors (Lipinski definition) is 2. The molecule has 0 aliphatic carbocycles. The molecule has 0 saturated carbocycles. The third-order valence-electron chi connectivity index (χ3n) is 3.65. The molecule has 0 radical (unpaired) electrons. The number of aryl methyl sites for hydroxylation is 1. The van der Waals surface area contributed by atoms with Crippen LogP contribution in [-0.4, -0.2) is 19.3 Å². The normalized spacial score (nSPS) is 14.5. The molecule has 1 aromatic carbocycles. The molecule has 0 spiro atoms. The molecule has 20 heavy (non-hydrogen) atoms. The van der Waals surface area contributed by atoms with E-state index in [1.165, 1.54) is 17.5 Å². The third-order valence-corrected chi connectivity index (χ3v) is 3.65.